The van der Waals surface area contributed by atoms with Crippen LogP contribution in [0.15, 0.2) is 42.5 Å². The molecule has 148 valence electrons. The number of nitrogens with zero attached hydrogens (tertiary/aromatic N) is 3. The van der Waals surface area contributed by atoms with Crippen molar-refractivity contribution >= 4 is 40.5 Å². The number of ether oxygens (including phenoxy) is 1. The van der Waals surface area contributed by atoms with Gasteiger partial charge in [-0.3, -0.25) is 15.0 Å². The zero-order chi connectivity index (χ0) is 20.3. The fraction of sp³-hybridized carbons (Fsp3) is 0.316. The molecule has 9 heteroatoms. The summed E-state index contributed by atoms with van der Waals surface area (Å²) in [6, 6.07) is 11.1. The highest BCUT2D eigenvalue weighted by atomic mass is 35.5. The number of rotatable bonds is 5. The number of carbonyl (C=O) groups is 1. The van der Waals surface area contributed by atoms with E-state index in [1.165, 1.54) is 19.2 Å². The third kappa shape index (κ3) is 4.22. The zero-order valence-corrected chi connectivity index (χ0v) is 16.7. The quantitative estimate of drug-likeness (QED) is 0.411. The Hall–Kier alpha value is -2.35. The van der Waals surface area contributed by atoms with Crippen LogP contribution in [-0.2, 0) is 9.53 Å². The summed E-state index contributed by atoms with van der Waals surface area (Å²) in [7, 11) is 1.36. The summed E-state index contributed by atoms with van der Waals surface area (Å²) < 4.78 is 5.00. The number of hydrogen-bond donors (Lipinski definition) is 0. The highest BCUT2D eigenvalue weighted by Gasteiger charge is 2.33. The third-order valence-electron chi connectivity index (χ3n) is 4.79. The zero-order valence-electron chi connectivity index (χ0n) is 15.2. The Balaban J connectivity index is 1.77. The number of methoxy groups -OCH3 is 1. The number of benzene rings is 2. The van der Waals surface area contributed by atoms with Gasteiger partial charge < -0.3 is 9.64 Å². The van der Waals surface area contributed by atoms with Crippen LogP contribution in [0, 0.1) is 10.1 Å². The summed E-state index contributed by atoms with van der Waals surface area (Å²) in [5, 5.41) is 11.7. The number of halogens is 2. The van der Waals surface area contributed by atoms with Gasteiger partial charge in [-0.1, -0.05) is 41.4 Å². The summed E-state index contributed by atoms with van der Waals surface area (Å²) in [5.74, 6) is -0.366. The molecule has 1 heterocycles. The van der Waals surface area contributed by atoms with Gasteiger partial charge in [0.25, 0.3) is 5.69 Å². The van der Waals surface area contributed by atoms with Crippen LogP contribution < -0.4 is 4.90 Å². The summed E-state index contributed by atoms with van der Waals surface area (Å²) in [6.07, 6.45) is 0. The number of anilines is 1. The van der Waals surface area contributed by atoms with Crippen molar-refractivity contribution in [2.24, 2.45) is 0 Å². The first kappa shape index (κ1) is 20.4. The van der Waals surface area contributed by atoms with E-state index in [0.717, 1.165) is 5.69 Å². The molecule has 28 heavy (non-hydrogen) atoms. The van der Waals surface area contributed by atoms with E-state index in [1.54, 1.807) is 12.1 Å². The molecule has 7 nitrogen and oxygen atoms in total. The summed E-state index contributed by atoms with van der Waals surface area (Å²) >= 11 is 12.6. The van der Waals surface area contributed by atoms with Crippen LogP contribution in [0.3, 0.4) is 0 Å². The smallest absolute Gasteiger partial charge is 0.327 e. The molecule has 1 atom stereocenters. The van der Waals surface area contributed by atoms with Gasteiger partial charge in [-0.05, 0) is 17.7 Å². The van der Waals surface area contributed by atoms with E-state index in [0.29, 0.717) is 41.8 Å². The van der Waals surface area contributed by atoms with Crippen molar-refractivity contribution in [3.8, 4) is 0 Å². The van der Waals surface area contributed by atoms with Gasteiger partial charge in [-0.2, -0.15) is 0 Å². The molecule has 3 rings (SSSR count). The summed E-state index contributed by atoms with van der Waals surface area (Å²) in [5.41, 5.74) is 1.40. The molecular weight excluding hydrogens is 405 g/mol. The van der Waals surface area contributed by atoms with Crippen molar-refractivity contribution in [1.82, 2.24) is 4.90 Å². The maximum absolute atomic E-state index is 12.4. The van der Waals surface area contributed by atoms with E-state index in [4.69, 9.17) is 27.9 Å². The van der Waals surface area contributed by atoms with Crippen LogP contribution >= 0.6 is 23.2 Å². The van der Waals surface area contributed by atoms with Crippen LogP contribution in [-0.4, -0.2) is 49.1 Å². The van der Waals surface area contributed by atoms with Crippen molar-refractivity contribution in [3.05, 3.63) is 68.2 Å². The lowest BCUT2D eigenvalue weighted by Crippen LogP contribution is -2.49. The van der Waals surface area contributed by atoms with Crippen LogP contribution in [0.2, 0.25) is 10.0 Å². The Morgan fingerprint density at radius 3 is 2.36 bits per heavy atom. The molecule has 0 aliphatic carbocycles. The maximum atomic E-state index is 12.4. The average molecular weight is 424 g/mol. The van der Waals surface area contributed by atoms with E-state index in [-0.39, 0.29) is 11.7 Å². The lowest BCUT2D eigenvalue weighted by Gasteiger charge is -2.39. The Labute approximate surface area is 172 Å². The van der Waals surface area contributed by atoms with Crippen molar-refractivity contribution < 1.29 is 14.5 Å². The lowest BCUT2D eigenvalue weighted by molar-refractivity contribution is -0.384. The highest BCUT2D eigenvalue weighted by molar-refractivity contribution is 6.33. The van der Waals surface area contributed by atoms with Crippen molar-refractivity contribution in [1.29, 1.82) is 0 Å². The first-order valence-electron chi connectivity index (χ1n) is 8.67. The second-order valence-electron chi connectivity index (χ2n) is 6.36. The van der Waals surface area contributed by atoms with Gasteiger partial charge in [-0.25, -0.2) is 4.79 Å². The molecule has 1 fully saturated rings. The molecule has 0 radical (unpaired) electrons. The van der Waals surface area contributed by atoms with Gasteiger partial charge in [0.2, 0.25) is 0 Å². The normalized spacial score (nSPS) is 15.9. The van der Waals surface area contributed by atoms with E-state index in [1.807, 2.05) is 28.0 Å². The van der Waals surface area contributed by atoms with Crippen molar-refractivity contribution in [2.45, 2.75) is 6.04 Å². The Bertz CT molecular complexity index is 885. The van der Waals surface area contributed by atoms with Gasteiger partial charge in [0, 0.05) is 43.3 Å². The van der Waals surface area contributed by atoms with Gasteiger partial charge in [-0.15, -0.1) is 0 Å². The number of carbonyl (C=O) groups excluding carboxylic acids is 1. The first-order chi connectivity index (χ1) is 13.4. The maximum Gasteiger partial charge on any atom is 0.327 e. The minimum atomic E-state index is -0.590. The first-order valence-corrected chi connectivity index (χ1v) is 9.43. The Morgan fingerprint density at radius 2 is 1.79 bits per heavy atom. The van der Waals surface area contributed by atoms with Gasteiger partial charge in [0.1, 0.15) is 6.04 Å². The second-order valence-corrected chi connectivity index (χ2v) is 7.18. The largest absolute Gasteiger partial charge is 0.468 e. The minimum Gasteiger partial charge on any atom is -0.468 e. The number of non-ortho nitro benzene ring substituents is 1. The Morgan fingerprint density at radius 1 is 1.11 bits per heavy atom. The Kier molecular flexibility index (Phi) is 6.39. The van der Waals surface area contributed by atoms with Gasteiger partial charge in [0.05, 0.1) is 22.7 Å². The van der Waals surface area contributed by atoms with Crippen LogP contribution in [0.25, 0.3) is 0 Å². The highest BCUT2D eigenvalue weighted by Crippen LogP contribution is 2.33. The van der Waals surface area contributed by atoms with Crippen molar-refractivity contribution in [2.75, 3.05) is 38.2 Å². The standard InChI is InChI=1S/C19H19Cl2N3O4/c1-28-19(25)18(14-4-2-3-5-15(14)20)23-10-8-22(9-11-23)17-7-6-13(24(26)27)12-16(17)21/h2-7,12,18H,8-11H2,1H3. The summed E-state index contributed by atoms with van der Waals surface area (Å²) in [4.78, 5) is 26.9. The number of piperazine rings is 1. The molecule has 0 saturated carbocycles. The fourth-order valence-corrected chi connectivity index (χ4v) is 3.90. The van der Waals surface area contributed by atoms with E-state index in [9.17, 15) is 14.9 Å². The minimum absolute atomic E-state index is 0.0446. The molecule has 0 bridgehead atoms. The predicted octanol–water partition coefficient (Wildman–Crippen LogP) is 3.94. The third-order valence-corrected chi connectivity index (χ3v) is 5.43. The number of hydrogen-bond acceptors (Lipinski definition) is 6. The average Bonchev–Trinajstić information content (AvgIpc) is 2.70. The van der Waals surface area contributed by atoms with E-state index in [2.05, 4.69) is 0 Å². The number of esters is 1. The molecule has 2 aromatic carbocycles. The SMILES string of the molecule is COC(=O)C(c1ccccc1Cl)N1CCN(c2ccc([N+](=O)[O-])cc2Cl)CC1. The molecule has 0 N–H and O–H groups in total. The second kappa shape index (κ2) is 8.77. The molecule has 0 aromatic heterocycles. The van der Waals surface area contributed by atoms with Crippen LogP contribution in [0.4, 0.5) is 11.4 Å². The molecule has 2 aromatic rings. The van der Waals surface area contributed by atoms with E-state index >= 15 is 0 Å². The fourth-order valence-electron chi connectivity index (χ4n) is 3.37. The molecular formula is C19H19Cl2N3O4. The molecule has 1 unspecified atom stereocenters. The summed E-state index contributed by atoms with van der Waals surface area (Å²) in [6.45, 7) is 2.38. The molecule has 0 amide bonds. The van der Waals surface area contributed by atoms with E-state index < -0.39 is 11.0 Å². The van der Waals surface area contributed by atoms with Crippen LogP contribution in [0.5, 0.6) is 0 Å². The molecule has 1 aliphatic rings. The van der Waals surface area contributed by atoms with Crippen LogP contribution in [0.1, 0.15) is 11.6 Å². The number of nitro groups is 1. The topological polar surface area (TPSA) is 75.9 Å². The molecule has 0 spiro atoms. The molecule has 1 aliphatic heterocycles. The monoisotopic (exact) mass is 423 g/mol. The van der Waals surface area contributed by atoms with Gasteiger partial charge >= 0.3 is 5.97 Å². The van der Waals surface area contributed by atoms with Crippen molar-refractivity contribution in [3.63, 3.8) is 0 Å². The number of nitro benzene ring substituents is 1. The van der Waals surface area contributed by atoms with Gasteiger partial charge in [0.15, 0.2) is 0 Å². The molecule has 1 saturated heterocycles. The lowest BCUT2D eigenvalue weighted by atomic mass is 10.0. The predicted molar refractivity (Wildman–Crippen MR) is 108 cm³/mol.